The minimum atomic E-state index is -0.303. The molecule has 1 unspecified atom stereocenters. The molecule has 1 aromatic heterocycles. The molecule has 134 valence electrons. The highest BCUT2D eigenvalue weighted by atomic mass is 19.1. The van der Waals surface area contributed by atoms with Gasteiger partial charge in [-0.15, -0.1) is 5.10 Å². The third-order valence-electron chi connectivity index (χ3n) is 4.25. The van der Waals surface area contributed by atoms with Crippen molar-refractivity contribution in [2.24, 2.45) is 7.05 Å². The Labute approximate surface area is 150 Å². The Morgan fingerprint density at radius 1 is 1.23 bits per heavy atom. The van der Waals surface area contributed by atoms with Crippen LogP contribution in [0.3, 0.4) is 0 Å². The summed E-state index contributed by atoms with van der Waals surface area (Å²) >= 11 is 0. The third kappa shape index (κ3) is 3.69. The normalized spacial score (nSPS) is 11.8. The molecule has 0 aliphatic rings. The molecule has 0 saturated heterocycles. The number of aryl methyl sites for hydroxylation is 1. The highest BCUT2D eigenvalue weighted by Crippen LogP contribution is 2.22. The second kappa shape index (κ2) is 7.30. The molecule has 2 aromatic carbocycles. The zero-order valence-electron chi connectivity index (χ0n) is 14.7. The lowest BCUT2D eigenvalue weighted by atomic mass is 10.1. The quantitative estimate of drug-likeness (QED) is 0.780. The zero-order valence-corrected chi connectivity index (χ0v) is 14.7. The van der Waals surface area contributed by atoms with E-state index in [1.807, 2.05) is 19.1 Å². The number of benzene rings is 2. The van der Waals surface area contributed by atoms with Crippen LogP contribution in [0.4, 0.5) is 14.9 Å². The van der Waals surface area contributed by atoms with Gasteiger partial charge in [0.1, 0.15) is 5.82 Å². The summed E-state index contributed by atoms with van der Waals surface area (Å²) in [6, 6.07) is 12.9. The Balaban J connectivity index is 1.73. The highest BCUT2D eigenvalue weighted by Gasteiger charge is 2.18. The van der Waals surface area contributed by atoms with Crippen LogP contribution in [0.25, 0.3) is 11.4 Å². The number of tetrazole rings is 1. The summed E-state index contributed by atoms with van der Waals surface area (Å²) in [7, 11) is 3.44. The number of halogens is 1. The van der Waals surface area contributed by atoms with Crippen molar-refractivity contribution < 1.29 is 9.18 Å². The first-order valence-electron chi connectivity index (χ1n) is 8.08. The summed E-state index contributed by atoms with van der Waals surface area (Å²) < 4.78 is 14.6. The molecule has 0 aliphatic carbocycles. The van der Waals surface area contributed by atoms with Gasteiger partial charge in [-0.1, -0.05) is 24.3 Å². The summed E-state index contributed by atoms with van der Waals surface area (Å²) in [6.45, 7) is 1.88. The largest absolute Gasteiger partial charge is 0.322 e. The van der Waals surface area contributed by atoms with Gasteiger partial charge in [0.25, 0.3) is 0 Å². The van der Waals surface area contributed by atoms with Crippen LogP contribution in [0.5, 0.6) is 0 Å². The van der Waals surface area contributed by atoms with Gasteiger partial charge in [0.15, 0.2) is 5.82 Å². The van der Waals surface area contributed by atoms with E-state index in [1.54, 1.807) is 47.9 Å². The molecule has 0 saturated carbocycles. The number of amides is 2. The summed E-state index contributed by atoms with van der Waals surface area (Å²) in [5.41, 5.74) is 2.28. The average Bonchev–Trinajstić information content (AvgIpc) is 3.07. The Hall–Kier alpha value is -3.29. The number of hydrogen-bond acceptors (Lipinski definition) is 4. The average molecular weight is 354 g/mol. The molecule has 1 atom stereocenters. The Morgan fingerprint density at radius 2 is 1.96 bits per heavy atom. The van der Waals surface area contributed by atoms with Crippen LogP contribution in [0.1, 0.15) is 18.5 Å². The fourth-order valence-electron chi connectivity index (χ4n) is 2.56. The van der Waals surface area contributed by atoms with Crippen molar-refractivity contribution in [1.29, 1.82) is 0 Å². The minimum Gasteiger partial charge on any atom is -0.321 e. The predicted molar refractivity (Wildman–Crippen MR) is 95.8 cm³/mol. The molecule has 2 amide bonds. The van der Waals surface area contributed by atoms with Gasteiger partial charge in [-0.2, -0.15) is 0 Å². The molecule has 3 aromatic rings. The molecule has 3 rings (SSSR count). The number of carbonyl (C=O) groups is 1. The van der Waals surface area contributed by atoms with E-state index in [-0.39, 0.29) is 17.9 Å². The molecular weight excluding hydrogens is 335 g/mol. The maximum absolute atomic E-state index is 13.1. The molecule has 1 heterocycles. The predicted octanol–water partition coefficient (Wildman–Crippen LogP) is 3.24. The van der Waals surface area contributed by atoms with E-state index in [2.05, 4.69) is 20.8 Å². The molecule has 0 radical (unpaired) electrons. The van der Waals surface area contributed by atoms with E-state index in [0.29, 0.717) is 11.5 Å². The number of nitrogens with zero attached hydrogens (tertiary/aromatic N) is 5. The van der Waals surface area contributed by atoms with Gasteiger partial charge in [-0.3, -0.25) is 0 Å². The van der Waals surface area contributed by atoms with Gasteiger partial charge in [0.05, 0.1) is 6.04 Å². The molecule has 8 heteroatoms. The maximum atomic E-state index is 13.1. The highest BCUT2D eigenvalue weighted by molar-refractivity contribution is 5.90. The lowest BCUT2D eigenvalue weighted by molar-refractivity contribution is 0.208. The first kappa shape index (κ1) is 17.5. The number of hydrogen-bond donors (Lipinski definition) is 1. The van der Waals surface area contributed by atoms with Gasteiger partial charge < -0.3 is 10.2 Å². The zero-order chi connectivity index (χ0) is 18.7. The van der Waals surface area contributed by atoms with Gasteiger partial charge in [0.2, 0.25) is 0 Å². The maximum Gasteiger partial charge on any atom is 0.322 e. The summed E-state index contributed by atoms with van der Waals surface area (Å²) in [6.07, 6.45) is 0. The second-order valence-corrected chi connectivity index (χ2v) is 5.98. The van der Waals surface area contributed by atoms with Crippen LogP contribution >= 0.6 is 0 Å². The fourth-order valence-corrected chi connectivity index (χ4v) is 2.56. The summed E-state index contributed by atoms with van der Waals surface area (Å²) in [5, 5.41) is 14.3. The van der Waals surface area contributed by atoms with E-state index in [4.69, 9.17) is 0 Å². The molecule has 0 fully saturated rings. The van der Waals surface area contributed by atoms with Crippen molar-refractivity contribution in [2.75, 3.05) is 12.4 Å². The van der Waals surface area contributed by atoms with Crippen molar-refractivity contribution in [3.8, 4) is 11.4 Å². The van der Waals surface area contributed by atoms with Crippen LogP contribution in [-0.2, 0) is 7.05 Å². The van der Waals surface area contributed by atoms with Crippen LogP contribution in [0, 0.1) is 5.82 Å². The first-order valence-corrected chi connectivity index (χ1v) is 8.08. The molecule has 26 heavy (non-hydrogen) atoms. The Kier molecular flexibility index (Phi) is 4.92. The van der Waals surface area contributed by atoms with Gasteiger partial charge in [-0.05, 0) is 47.2 Å². The van der Waals surface area contributed by atoms with E-state index >= 15 is 0 Å². The monoisotopic (exact) mass is 354 g/mol. The van der Waals surface area contributed by atoms with Gasteiger partial charge in [0, 0.05) is 25.3 Å². The van der Waals surface area contributed by atoms with Gasteiger partial charge in [-0.25, -0.2) is 13.9 Å². The van der Waals surface area contributed by atoms with E-state index in [9.17, 15) is 9.18 Å². The molecule has 0 spiro atoms. The topological polar surface area (TPSA) is 75.9 Å². The van der Waals surface area contributed by atoms with E-state index in [1.165, 1.54) is 12.1 Å². The number of urea groups is 1. The third-order valence-corrected chi connectivity index (χ3v) is 4.25. The smallest absolute Gasteiger partial charge is 0.321 e. The Bertz CT molecular complexity index is 908. The number of anilines is 1. The summed E-state index contributed by atoms with van der Waals surface area (Å²) in [5.74, 6) is 0.303. The van der Waals surface area contributed by atoms with Crippen molar-refractivity contribution in [1.82, 2.24) is 25.1 Å². The van der Waals surface area contributed by atoms with Crippen LogP contribution in [0.15, 0.2) is 48.5 Å². The van der Waals surface area contributed by atoms with Crippen molar-refractivity contribution in [3.63, 3.8) is 0 Å². The molecule has 0 bridgehead atoms. The van der Waals surface area contributed by atoms with Crippen LogP contribution in [0.2, 0.25) is 0 Å². The number of carbonyl (C=O) groups excluding carboxylic acids is 1. The molecule has 1 N–H and O–H groups in total. The van der Waals surface area contributed by atoms with Crippen LogP contribution < -0.4 is 5.32 Å². The standard InChI is InChI=1S/C18H19FN6O/c1-12(13-7-9-15(19)10-8-13)24(2)18(26)20-16-6-4-5-14(11-16)17-21-22-23-25(17)3/h4-12H,1-3H3,(H,20,26). The van der Waals surface area contributed by atoms with Crippen molar-refractivity contribution >= 4 is 11.7 Å². The first-order chi connectivity index (χ1) is 12.5. The van der Waals surface area contributed by atoms with E-state index in [0.717, 1.165) is 11.1 Å². The Morgan fingerprint density at radius 3 is 2.62 bits per heavy atom. The number of aromatic nitrogens is 4. The minimum absolute atomic E-state index is 0.207. The van der Waals surface area contributed by atoms with Crippen LogP contribution in [-0.4, -0.2) is 38.2 Å². The fraction of sp³-hybridized carbons (Fsp3) is 0.222. The van der Waals surface area contributed by atoms with Gasteiger partial charge >= 0.3 is 6.03 Å². The molecule has 7 nitrogen and oxygen atoms in total. The lowest BCUT2D eigenvalue weighted by Crippen LogP contribution is -2.33. The van der Waals surface area contributed by atoms with E-state index < -0.39 is 0 Å². The lowest BCUT2D eigenvalue weighted by Gasteiger charge is -2.25. The van der Waals surface area contributed by atoms with Crippen molar-refractivity contribution in [3.05, 3.63) is 59.9 Å². The molecular formula is C18H19FN6O. The van der Waals surface area contributed by atoms with Crippen molar-refractivity contribution in [2.45, 2.75) is 13.0 Å². The number of rotatable bonds is 4. The summed E-state index contributed by atoms with van der Waals surface area (Å²) in [4.78, 5) is 14.1. The molecule has 0 aliphatic heterocycles. The number of nitrogens with one attached hydrogen (secondary N) is 1. The SMILES string of the molecule is CC(c1ccc(F)cc1)N(C)C(=O)Nc1cccc(-c2nnnn2C)c1. The second-order valence-electron chi connectivity index (χ2n) is 5.98.